The van der Waals surface area contributed by atoms with Gasteiger partial charge < -0.3 is 15.3 Å². The Bertz CT molecular complexity index is 453. The molecule has 1 aliphatic rings. The predicted molar refractivity (Wildman–Crippen MR) is 76.9 cm³/mol. The molecule has 2 N–H and O–H groups in total. The molecule has 1 aromatic rings. The fraction of sp³-hybridized carbons (Fsp3) is 0.533. The number of nitrogens with one attached hydrogen (secondary N) is 1. The Labute approximate surface area is 114 Å². The van der Waals surface area contributed by atoms with Crippen molar-refractivity contribution in [2.45, 2.75) is 32.7 Å². The molecule has 1 saturated heterocycles. The minimum Gasteiger partial charge on any atom is -0.478 e. The summed E-state index contributed by atoms with van der Waals surface area (Å²) in [5, 5.41) is 12.4. The highest BCUT2D eigenvalue weighted by Crippen LogP contribution is 2.17. The predicted octanol–water partition coefficient (Wildman–Crippen LogP) is 2.59. The number of hydrogen-bond donors (Lipinski definition) is 2. The lowest BCUT2D eigenvalue weighted by Crippen LogP contribution is -2.32. The Kier molecular flexibility index (Phi) is 4.43. The topological polar surface area (TPSA) is 52.6 Å². The maximum Gasteiger partial charge on any atom is 0.335 e. The fourth-order valence-corrected chi connectivity index (χ4v) is 2.68. The van der Waals surface area contributed by atoms with Crippen LogP contribution in [0.2, 0.25) is 0 Å². The Morgan fingerprint density at radius 2 is 2.11 bits per heavy atom. The molecule has 19 heavy (non-hydrogen) atoms. The van der Waals surface area contributed by atoms with Crippen LogP contribution in [0.15, 0.2) is 18.2 Å². The summed E-state index contributed by atoms with van der Waals surface area (Å²) in [6.07, 6.45) is 2.61. The van der Waals surface area contributed by atoms with E-state index in [0.717, 1.165) is 17.8 Å². The van der Waals surface area contributed by atoms with E-state index in [-0.39, 0.29) is 0 Å². The number of aromatic carboxylic acids is 1. The van der Waals surface area contributed by atoms with E-state index in [1.807, 2.05) is 19.1 Å². The van der Waals surface area contributed by atoms with Gasteiger partial charge in [0.1, 0.15) is 0 Å². The van der Waals surface area contributed by atoms with Crippen molar-refractivity contribution in [1.29, 1.82) is 0 Å². The molecule has 0 radical (unpaired) electrons. The number of likely N-dealkylation sites (tertiary alicyclic amines) is 1. The van der Waals surface area contributed by atoms with Crippen LogP contribution < -0.4 is 5.32 Å². The minimum absolute atomic E-state index is 0.369. The van der Waals surface area contributed by atoms with E-state index in [4.69, 9.17) is 5.11 Å². The van der Waals surface area contributed by atoms with Crippen LogP contribution in [0.4, 0.5) is 5.69 Å². The zero-order valence-electron chi connectivity index (χ0n) is 11.6. The molecule has 0 aliphatic carbocycles. The first-order valence-electron chi connectivity index (χ1n) is 6.89. The van der Waals surface area contributed by atoms with E-state index in [1.54, 1.807) is 6.07 Å². The van der Waals surface area contributed by atoms with Crippen LogP contribution in [-0.2, 0) is 0 Å². The van der Waals surface area contributed by atoms with Crippen LogP contribution >= 0.6 is 0 Å². The number of hydrogen-bond acceptors (Lipinski definition) is 3. The summed E-state index contributed by atoms with van der Waals surface area (Å²) in [4.78, 5) is 13.4. The van der Waals surface area contributed by atoms with E-state index >= 15 is 0 Å². The van der Waals surface area contributed by atoms with Crippen LogP contribution in [0.1, 0.15) is 35.7 Å². The number of anilines is 1. The van der Waals surface area contributed by atoms with Crippen molar-refractivity contribution in [2.75, 3.05) is 25.0 Å². The van der Waals surface area contributed by atoms with Gasteiger partial charge in [0.2, 0.25) is 0 Å². The highest BCUT2D eigenvalue weighted by atomic mass is 16.4. The van der Waals surface area contributed by atoms with E-state index in [9.17, 15) is 4.79 Å². The molecule has 0 bridgehead atoms. The Balaban J connectivity index is 1.94. The molecule has 4 heteroatoms. The molecule has 1 aliphatic heterocycles. The molecule has 1 unspecified atom stereocenters. The lowest BCUT2D eigenvalue weighted by Gasteiger charge is -2.22. The summed E-state index contributed by atoms with van der Waals surface area (Å²) in [6.45, 7) is 7.43. The van der Waals surface area contributed by atoms with Gasteiger partial charge >= 0.3 is 5.97 Å². The third-order valence-electron chi connectivity index (χ3n) is 3.60. The SMILES string of the molecule is Cc1cc(NC(C)CN2CCCC2)ccc1C(=O)O. The number of carboxylic acid groups (broad SMARTS) is 1. The van der Waals surface area contributed by atoms with Gasteiger partial charge in [-0.25, -0.2) is 4.79 Å². The quantitative estimate of drug-likeness (QED) is 0.856. The third kappa shape index (κ3) is 3.70. The lowest BCUT2D eigenvalue weighted by molar-refractivity contribution is 0.0696. The number of aryl methyl sites for hydroxylation is 1. The van der Waals surface area contributed by atoms with Crippen LogP contribution in [0, 0.1) is 6.92 Å². The number of rotatable bonds is 5. The molecule has 0 spiro atoms. The van der Waals surface area contributed by atoms with Crippen molar-refractivity contribution in [2.24, 2.45) is 0 Å². The Hall–Kier alpha value is -1.55. The molecule has 104 valence electrons. The van der Waals surface area contributed by atoms with E-state index in [2.05, 4.69) is 17.1 Å². The molecular weight excluding hydrogens is 240 g/mol. The summed E-state index contributed by atoms with van der Waals surface area (Å²) in [5.74, 6) is -0.867. The molecule has 1 aromatic carbocycles. The van der Waals surface area contributed by atoms with Crippen molar-refractivity contribution >= 4 is 11.7 Å². The maximum absolute atomic E-state index is 11.0. The van der Waals surface area contributed by atoms with Gasteiger partial charge in [-0.1, -0.05) is 0 Å². The first kappa shape index (κ1) is 13.9. The average molecular weight is 262 g/mol. The van der Waals surface area contributed by atoms with Crippen LogP contribution in [0.3, 0.4) is 0 Å². The fourth-order valence-electron chi connectivity index (χ4n) is 2.68. The van der Waals surface area contributed by atoms with Crippen LogP contribution in [0.5, 0.6) is 0 Å². The third-order valence-corrected chi connectivity index (χ3v) is 3.60. The van der Waals surface area contributed by atoms with Crippen molar-refractivity contribution in [1.82, 2.24) is 4.90 Å². The first-order chi connectivity index (χ1) is 9.06. The Morgan fingerprint density at radius 1 is 1.42 bits per heavy atom. The number of carboxylic acids is 1. The van der Waals surface area contributed by atoms with Gasteiger partial charge in [-0.3, -0.25) is 0 Å². The normalized spacial score (nSPS) is 17.4. The first-order valence-corrected chi connectivity index (χ1v) is 6.89. The minimum atomic E-state index is -0.867. The number of nitrogens with zero attached hydrogens (tertiary/aromatic N) is 1. The van der Waals surface area contributed by atoms with Gasteiger partial charge in [0.15, 0.2) is 0 Å². The van der Waals surface area contributed by atoms with Gasteiger partial charge in [0, 0.05) is 18.3 Å². The summed E-state index contributed by atoms with van der Waals surface area (Å²) < 4.78 is 0. The molecule has 1 atom stereocenters. The van der Waals surface area contributed by atoms with Crippen molar-refractivity contribution in [3.05, 3.63) is 29.3 Å². The lowest BCUT2D eigenvalue weighted by atomic mass is 10.1. The highest BCUT2D eigenvalue weighted by molar-refractivity contribution is 5.89. The maximum atomic E-state index is 11.0. The highest BCUT2D eigenvalue weighted by Gasteiger charge is 2.15. The van der Waals surface area contributed by atoms with Crippen molar-refractivity contribution < 1.29 is 9.90 Å². The summed E-state index contributed by atoms with van der Waals surface area (Å²) >= 11 is 0. The molecular formula is C15H22N2O2. The molecule has 1 heterocycles. The standard InChI is InChI=1S/C15H22N2O2/c1-11-9-13(5-6-14(11)15(18)19)16-12(2)10-17-7-3-4-8-17/h5-6,9,12,16H,3-4,7-8,10H2,1-2H3,(H,18,19). The molecule has 0 saturated carbocycles. The molecule has 1 fully saturated rings. The number of benzene rings is 1. The molecule has 4 nitrogen and oxygen atoms in total. The largest absolute Gasteiger partial charge is 0.478 e. The van der Waals surface area contributed by atoms with Gasteiger partial charge in [-0.15, -0.1) is 0 Å². The van der Waals surface area contributed by atoms with Crippen LogP contribution in [0.25, 0.3) is 0 Å². The van der Waals surface area contributed by atoms with Gasteiger partial charge in [-0.2, -0.15) is 0 Å². The second-order valence-electron chi connectivity index (χ2n) is 5.39. The van der Waals surface area contributed by atoms with E-state index < -0.39 is 5.97 Å². The monoisotopic (exact) mass is 262 g/mol. The zero-order chi connectivity index (χ0) is 13.8. The second-order valence-corrected chi connectivity index (χ2v) is 5.39. The Morgan fingerprint density at radius 3 is 2.68 bits per heavy atom. The molecule has 0 aromatic heterocycles. The molecule has 0 amide bonds. The molecule has 2 rings (SSSR count). The van der Waals surface area contributed by atoms with Gasteiger partial charge in [0.05, 0.1) is 5.56 Å². The summed E-state index contributed by atoms with van der Waals surface area (Å²) in [5.41, 5.74) is 2.16. The average Bonchev–Trinajstić information content (AvgIpc) is 2.81. The van der Waals surface area contributed by atoms with E-state index in [1.165, 1.54) is 25.9 Å². The van der Waals surface area contributed by atoms with Gasteiger partial charge in [-0.05, 0) is 63.5 Å². The zero-order valence-corrected chi connectivity index (χ0v) is 11.6. The van der Waals surface area contributed by atoms with Crippen molar-refractivity contribution in [3.63, 3.8) is 0 Å². The van der Waals surface area contributed by atoms with E-state index in [0.29, 0.717) is 11.6 Å². The van der Waals surface area contributed by atoms with Crippen molar-refractivity contribution in [3.8, 4) is 0 Å². The smallest absolute Gasteiger partial charge is 0.335 e. The summed E-state index contributed by atoms with van der Waals surface area (Å²) in [6, 6.07) is 5.79. The van der Waals surface area contributed by atoms with Gasteiger partial charge in [0.25, 0.3) is 0 Å². The van der Waals surface area contributed by atoms with Crippen LogP contribution in [-0.4, -0.2) is 41.7 Å². The summed E-state index contributed by atoms with van der Waals surface area (Å²) in [7, 11) is 0. The number of carbonyl (C=O) groups is 1. The second kappa shape index (κ2) is 6.06.